The Morgan fingerprint density at radius 1 is 0.510 bits per heavy atom. The first kappa shape index (κ1) is 32.8. The van der Waals surface area contributed by atoms with Crippen molar-refractivity contribution in [3.63, 3.8) is 0 Å². The highest BCUT2D eigenvalue weighted by atomic mass is 16.5. The Morgan fingerprint density at radius 3 is 1.33 bits per heavy atom. The molecule has 0 aromatic heterocycles. The number of nitrogen functional groups attached to an aromatic ring is 2. The highest BCUT2D eigenvalue weighted by molar-refractivity contribution is 5.57. The lowest BCUT2D eigenvalue weighted by atomic mass is 9.76. The Bertz CT molecular complexity index is 1730. The lowest BCUT2D eigenvalue weighted by Gasteiger charge is -2.30. The van der Waals surface area contributed by atoms with Gasteiger partial charge in [0.05, 0.1) is 0 Å². The smallest absolute Gasteiger partial charge is 0.131 e. The normalized spacial score (nSPS) is 15.7. The minimum atomic E-state index is 0.0713. The molecule has 7 rings (SSSR count). The van der Waals surface area contributed by atoms with Gasteiger partial charge in [0.15, 0.2) is 0 Å². The summed E-state index contributed by atoms with van der Waals surface area (Å²) >= 11 is 0. The highest BCUT2D eigenvalue weighted by Crippen LogP contribution is 2.47. The van der Waals surface area contributed by atoms with Gasteiger partial charge in [-0.3, -0.25) is 0 Å². The number of anilines is 2. The quantitative estimate of drug-likeness (QED) is 0.123. The maximum Gasteiger partial charge on any atom is 0.131 e. The van der Waals surface area contributed by atoms with E-state index in [0.29, 0.717) is 11.8 Å². The van der Waals surface area contributed by atoms with Gasteiger partial charge in [0, 0.05) is 17.3 Å². The van der Waals surface area contributed by atoms with Gasteiger partial charge >= 0.3 is 0 Å². The van der Waals surface area contributed by atoms with Crippen molar-refractivity contribution in [1.29, 1.82) is 0 Å². The second-order valence-corrected chi connectivity index (χ2v) is 14.3. The molecule has 4 heteroatoms. The van der Waals surface area contributed by atoms with Gasteiger partial charge in [0.1, 0.15) is 23.0 Å². The van der Waals surface area contributed by atoms with E-state index in [-0.39, 0.29) is 5.92 Å². The van der Waals surface area contributed by atoms with Crippen LogP contribution in [0.3, 0.4) is 0 Å². The highest BCUT2D eigenvalue weighted by Gasteiger charge is 2.29. The van der Waals surface area contributed by atoms with Crippen LogP contribution in [0.2, 0.25) is 0 Å². The summed E-state index contributed by atoms with van der Waals surface area (Å²) in [5.41, 5.74) is 22.6. The molecule has 49 heavy (non-hydrogen) atoms. The molecule has 0 unspecified atom stereocenters. The zero-order valence-corrected chi connectivity index (χ0v) is 29.1. The van der Waals surface area contributed by atoms with Crippen LogP contribution in [0.25, 0.3) is 0 Å². The molecule has 0 amide bonds. The van der Waals surface area contributed by atoms with Gasteiger partial charge in [0.2, 0.25) is 0 Å². The molecule has 2 aliphatic carbocycles. The molecule has 252 valence electrons. The predicted molar refractivity (Wildman–Crippen MR) is 203 cm³/mol. The number of nitrogens with two attached hydrogens (primary N) is 2. The van der Waals surface area contributed by atoms with Gasteiger partial charge in [-0.25, -0.2) is 0 Å². The van der Waals surface area contributed by atoms with Crippen LogP contribution >= 0.6 is 0 Å². The van der Waals surface area contributed by atoms with Crippen LogP contribution in [0.15, 0.2) is 103 Å². The van der Waals surface area contributed by atoms with Crippen molar-refractivity contribution in [2.45, 2.75) is 95.8 Å². The Balaban J connectivity index is 1.37. The molecule has 0 spiro atoms. The molecule has 0 saturated heterocycles. The Hall–Kier alpha value is -4.70. The lowest BCUT2D eigenvalue weighted by molar-refractivity contribution is 0.418. The molecule has 0 aliphatic heterocycles. The summed E-state index contributed by atoms with van der Waals surface area (Å²) in [4.78, 5) is 0. The summed E-state index contributed by atoms with van der Waals surface area (Å²) in [6, 6.07) is 36.2. The third-order valence-electron chi connectivity index (χ3n) is 10.9. The van der Waals surface area contributed by atoms with Crippen LogP contribution in [0.5, 0.6) is 23.0 Å². The maximum absolute atomic E-state index is 6.67. The molecule has 0 radical (unpaired) electrons. The topological polar surface area (TPSA) is 70.5 Å². The summed E-state index contributed by atoms with van der Waals surface area (Å²) in [6.07, 6.45) is 12.4. The average Bonchev–Trinajstić information content (AvgIpc) is 3.13. The van der Waals surface area contributed by atoms with E-state index in [1.807, 2.05) is 48.5 Å². The van der Waals surface area contributed by atoms with Gasteiger partial charge in [-0.15, -0.1) is 0 Å². The van der Waals surface area contributed by atoms with E-state index in [1.54, 1.807) is 0 Å². The molecule has 5 aromatic carbocycles. The Labute approximate surface area is 292 Å². The molecule has 0 atom stereocenters. The Kier molecular flexibility index (Phi) is 9.93. The fraction of sp³-hybridized carbons (Fsp3) is 0.333. The zero-order valence-electron chi connectivity index (χ0n) is 29.1. The minimum Gasteiger partial charge on any atom is -0.457 e. The van der Waals surface area contributed by atoms with Crippen molar-refractivity contribution >= 4 is 11.4 Å². The van der Waals surface area contributed by atoms with E-state index >= 15 is 0 Å². The average molecular weight is 651 g/mol. The van der Waals surface area contributed by atoms with Crippen LogP contribution in [0, 0.1) is 13.8 Å². The number of ether oxygens (including phenoxy) is 2. The van der Waals surface area contributed by atoms with Crippen molar-refractivity contribution in [1.82, 2.24) is 0 Å². The Morgan fingerprint density at radius 2 is 0.918 bits per heavy atom. The number of rotatable bonds is 9. The number of aryl methyl sites for hydroxylation is 2. The molecule has 0 heterocycles. The van der Waals surface area contributed by atoms with Gasteiger partial charge in [-0.1, -0.05) is 81.0 Å². The fourth-order valence-electron chi connectivity index (χ4n) is 8.19. The van der Waals surface area contributed by atoms with Crippen LogP contribution in [-0.2, 0) is 0 Å². The largest absolute Gasteiger partial charge is 0.457 e. The maximum atomic E-state index is 6.67. The molecule has 2 fully saturated rings. The third kappa shape index (κ3) is 7.49. The van der Waals surface area contributed by atoms with Crippen LogP contribution in [-0.4, -0.2) is 0 Å². The molecule has 2 saturated carbocycles. The van der Waals surface area contributed by atoms with Gasteiger partial charge in [0.25, 0.3) is 0 Å². The monoisotopic (exact) mass is 650 g/mol. The second-order valence-electron chi connectivity index (χ2n) is 14.3. The van der Waals surface area contributed by atoms with Crippen molar-refractivity contribution in [3.8, 4) is 23.0 Å². The van der Waals surface area contributed by atoms with Gasteiger partial charge < -0.3 is 20.9 Å². The zero-order chi connectivity index (χ0) is 33.7. The molecule has 4 N–H and O–H groups in total. The summed E-state index contributed by atoms with van der Waals surface area (Å²) in [6.45, 7) is 4.50. The summed E-state index contributed by atoms with van der Waals surface area (Å²) in [5.74, 6) is 4.60. The van der Waals surface area contributed by atoms with E-state index in [4.69, 9.17) is 20.9 Å². The van der Waals surface area contributed by atoms with Crippen LogP contribution in [0.1, 0.15) is 121 Å². The predicted octanol–water partition coefficient (Wildman–Crippen LogP) is 12.3. The van der Waals surface area contributed by atoms with Gasteiger partial charge in [-0.05, 0) is 151 Å². The first-order valence-corrected chi connectivity index (χ1v) is 18.3. The van der Waals surface area contributed by atoms with Crippen molar-refractivity contribution in [2.75, 3.05) is 11.5 Å². The fourth-order valence-corrected chi connectivity index (χ4v) is 8.19. The van der Waals surface area contributed by atoms with E-state index in [2.05, 4.69) is 68.4 Å². The van der Waals surface area contributed by atoms with E-state index in [9.17, 15) is 0 Å². The van der Waals surface area contributed by atoms with Crippen LogP contribution in [0.4, 0.5) is 11.4 Å². The van der Waals surface area contributed by atoms with Crippen molar-refractivity contribution < 1.29 is 9.47 Å². The number of hydrogen-bond acceptors (Lipinski definition) is 4. The van der Waals surface area contributed by atoms with Crippen molar-refractivity contribution in [3.05, 3.63) is 142 Å². The molecule has 4 nitrogen and oxygen atoms in total. The van der Waals surface area contributed by atoms with Crippen molar-refractivity contribution in [2.24, 2.45) is 0 Å². The first-order chi connectivity index (χ1) is 23.9. The summed E-state index contributed by atoms with van der Waals surface area (Å²) in [7, 11) is 0. The SMILES string of the molecule is Cc1cc(Oc2ccc(N)cc2)c(C2CCCCC2)cc1C(c1ccccc1)c1cc(C2CCCCC2)c(Oc2ccc(N)cc2)cc1C. The summed E-state index contributed by atoms with van der Waals surface area (Å²) in [5, 5.41) is 0. The second kappa shape index (κ2) is 14.8. The first-order valence-electron chi connectivity index (χ1n) is 18.3. The standard InChI is InChI=1S/C45H50N2O2/c1-30-26-43(48-37-22-18-35(46)19-23-37)41(32-12-6-3-7-13-32)28-39(30)45(34-16-10-5-11-17-34)40-29-42(33-14-8-4-9-15-33)44(27-31(40)2)49-38-24-20-36(47)21-25-38/h5,10-11,16-29,32-33,45H,3-4,6-9,12-15,46-47H2,1-2H3. The third-order valence-corrected chi connectivity index (χ3v) is 10.9. The molecule has 5 aromatic rings. The molecular weight excluding hydrogens is 601 g/mol. The van der Waals surface area contributed by atoms with E-state index < -0.39 is 0 Å². The van der Waals surface area contributed by atoms with E-state index in [1.165, 1.54) is 103 Å². The van der Waals surface area contributed by atoms with E-state index in [0.717, 1.165) is 34.4 Å². The summed E-state index contributed by atoms with van der Waals surface area (Å²) < 4.78 is 13.3. The minimum absolute atomic E-state index is 0.0713. The molecule has 2 aliphatic rings. The number of benzene rings is 5. The number of hydrogen-bond donors (Lipinski definition) is 2. The molecule has 0 bridgehead atoms. The lowest BCUT2D eigenvalue weighted by Crippen LogP contribution is -2.13. The molecular formula is C45H50N2O2. The van der Waals surface area contributed by atoms with Gasteiger partial charge in [-0.2, -0.15) is 0 Å². The van der Waals surface area contributed by atoms with Crippen LogP contribution < -0.4 is 20.9 Å².